The zero-order valence-corrected chi connectivity index (χ0v) is 15.7. The summed E-state index contributed by atoms with van der Waals surface area (Å²) in [5.74, 6) is 0.252. The van der Waals surface area contributed by atoms with Crippen LogP contribution in [0.3, 0.4) is 0 Å². The molecule has 0 atom stereocenters. The van der Waals surface area contributed by atoms with Gasteiger partial charge in [0.2, 0.25) is 5.95 Å². The zero-order valence-electron chi connectivity index (χ0n) is 13.3. The van der Waals surface area contributed by atoms with Gasteiger partial charge in [0.15, 0.2) is 0 Å². The quantitative estimate of drug-likeness (QED) is 0.608. The molecule has 3 aromatic rings. The number of imidazole rings is 1. The molecule has 0 aliphatic heterocycles. The van der Waals surface area contributed by atoms with Gasteiger partial charge in [-0.05, 0) is 24.3 Å². The van der Waals surface area contributed by atoms with Crippen molar-refractivity contribution in [3.05, 3.63) is 77.9 Å². The Labute approximate surface area is 155 Å². The minimum absolute atomic E-state index is 0.171. The van der Waals surface area contributed by atoms with Crippen molar-refractivity contribution in [3.63, 3.8) is 0 Å². The normalized spacial score (nSPS) is 11.2. The van der Waals surface area contributed by atoms with E-state index < -0.39 is 10.0 Å². The summed E-state index contributed by atoms with van der Waals surface area (Å²) in [6.07, 6.45) is 3.49. The first-order chi connectivity index (χ1) is 12.0. The van der Waals surface area contributed by atoms with Crippen LogP contribution in [0.2, 0.25) is 0 Å². The van der Waals surface area contributed by atoms with Crippen LogP contribution in [0.4, 0.5) is 5.95 Å². The molecular formula is C18H16BrN3O2S. The Balaban J connectivity index is 1.97. The van der Waals surface area contributed by atoms with Crippen LogP contribution in [0.25, 0.3) is 11.3 Å². The molecule has 0 spiro atoms. The molecule has 2 aromatic carbocycles. The molecule has 0 radical (unpaired) electrons. The van der Waals surface area contributed by atoms with E-state index in [1.807, 2.05) is 30.3 Å². The van der Waals surface area contributed by atoms with E-state index in [9.17, 15) is 8.42 Å². The van der Waals surface area contributed by atoms with Crippen LogP contribution in [0, 0.1) is 0 Å². The van der Waals surface area contributed by atoms with E-state index in [4.69, 9.17) is 0 Å². The van der Waals surface area contributed by atoms with Gasteiger partial charge < -0.3 is 4.57 Å². The molecule has 1 N–H and O–H groups in total. The second-order valence-corrected chi connectivity index (χ2v) is 7.91. The lowest BCUT2D eigenvalue weighted by Gasteiger charge is -2.09. The largest absolute Gasteiger partial charge is 0.312 e. The summed E-state index contributed by atoms with van der Waals surface area (Å²) >= 11 is 3.30. The monoisotopic (exact) mass is 417 g/mol. The summed E-state index contributed by atoms with van der Waals surface area (Å²) in [6.45, 7) is 4.15. The van der Waals surface area contributed by atoms with Crippen LogP contribution in [0.5, 0.6) is 0 Å². The molecule has 0 amide bonds. The Kier molecular flexibility index (Phi) is 5.06. The molecule has 0 unspecified atom stereocenters. The molecule has 0 saturated carbocycles. The standard InChI is InChI=1S/C18H16BrN3O2S/c1-2-12-22-13-17(14-6-4-3-5-7-14)20-18(22)21-25(23,24)16-10-8-15(19)9-11-16/h2-11,13H,1,12H2,(H,20,21). The SMILES string of the molecule is C=CCn1cc(-c2ccccc2)nc1NS(=O)(=O)c1ccc(Br)cc1. The molecular weight excluding hydrogens is 402 g/mol. The number of hydrogen-bond acceptors (Lipinski definition) is 3. The molecule has 3 rings (SSSR count). The number of allylic oxidation sites excluding steroid dienone is 1. The van der Waals surface area contributed by atoms with Crippen molar-refractivity contribution in [2.24, 2.45) is 0 Å². The fourth-order valence-electron chi connectivity index (χ4n) is 2.32. The number of aromatic nitrogens is 2. The number of nitrogens with zero attached hydrogens (tertiary/aromatic N) is 2. The smallest absolute Gasteiger partial charge is 0.264 e. The predicted octanol–water partition coefficient (Wildman–Crippen LogP) is 4.30. The number of nitrogens with one attached hydrogen (secondary N) is 1. The topological polar surface area (TPSA) is 64.0 Å². The molecule has 7 heteroatoms. The van der Waals surface area contributed by atoms with E-state index in [0.29, 0.717) is 12.2 Å². The Morgan fingerprint density at radius 2 is 1.80 bits per heavy atom. The van der Waals surface area contributed by atoms with Crippen molar-refractivity contribution in [1.29, 1.82) is 0 Å². The minimum Gasteiger partial charge on any atom is -0.312 e. The van der Waals surface area contributed by atoms with Gasteiger partial charge in [-0.1, -0.05) is 52.3 Å². The van der Waals surface area contributed by atoms with E-state index in [1.54, 1.807) is 29.0 Å². The molecule has 0 saturated heterocycles. The highest BCUT2D eigenvalue weighted by molar-refractivity contribution is 9.10. The van der Waals surface area contributed by atoms with Crippen molar-refractivity contribution < 1.29 is 8.42 Å². The van der Waals surface area contributed by atoms with Crippen molar-refractivity contribution in [1.82, 2.24) is 9.55 Å². The third-order valence-corrected chi connectivity index (χ3v) is 5.39. The van der Waals surface area contributed by atoms with Gasteiger partial charge in [0.25, 0.3) is 10.0 Å². The summed E-state index contributed by atoms with van der Waals surface area (Å²) in [7, 11) is -3.73. The maximum absolute atomic E-state index is 12.6. The van der Waals surface area contributed by atoms with E-state index >= 15 is 0 Å². The van der Waals surface area contributed by atoms with Gasteiger partial charge in [-0.25, -0.2) is 18.1 Å². The van der Waals surface area contributed by atoms with E-state index in [-0.39, 0.29) is 10.8 Å². The third-order valence-electron chi connectivity index (χ3n) is 3.52. The maximum atomic E-state index is 12.6. The number of hydrogen-bond donors (Lipinski definition) is 1. The fourth-order valence-corrected chi connectivity index (χ4v) is 3.60. The number of halogens is 1. The van der Waals surface area contributed by atoms with E-state index in [2.05, 4.69) is 32.2 Å². The summed E-state index contributed by atoms with van der Waals surface area (Å²) in [5, 5.41) is 0. The van der Waals surface area contributed by atoms with Crippen molar-refractivity contribution >= 4 is 31.9 Å². The third kappa shape index (κ3) is 4.00. The Morgan fingerprint density at radius 3 is 2.44 bits per heavy atom. The summed E-state index contributed by atoms with van der Waals surface area (Å²) in [5.41, 5.74) is 1.60. The van der Waals surface area contributed by atoms with Gasteiger partial charge in [-0.15, -0.1) is 6.58 Å². The Morgan fingerprint density at radius 1 is 1.12 bits per heavy atom. The summed E-state index contributed by atoms with van der Waals surface area (Å²) in [6, 6.07) is 16.0. The predicted molar refractivity (Wildman–Crippen MR) is 103 cm³/mol. The highest BCUT2D eigenvalue weighted by Gasteiger charge is 2.18. The summed E-state index contributed by atoms with van der Waals surface area (Å²) < 4.78 is 30.3. The Hall–Kier alpha value is -2.38. The highest BCUT2D eigenvalue weighted by atomic mass is 79.9. The molecule has 0 aliphatic rings. The highest BCUT2D eigenvalue weighted by Crippen LogP contribution is 2.23. The second-order valence-electron chi connectivity index (χ2n) is 5.32. The van der Waals surface area contributed by atoms with Crippen LogP contribution in [0.15, 0.2) is 82.8 Å². The zero-order chi connectivity index (χ0) is 17.9. The number of benzene rings is 2. The first kappa shape index (κ1) is 17.4. The van der Waals surface area contributed by atoms with Gasteiger partial charge in [0.1, 0.15) is 0 Å². The van der Waals surface area contributed by atoms with Crippen LogP contribution in [-0.2, 0) is 16.6 Å². The first-order valence-electron chi connectivity index (χ1n) is 7.51. The molecule has 0 fully saturated rings. The minimum atomic E-state index is -3.73. The molecule has 25 heavy (non-hydrogen) atoms. The van der Waals surface area contributed by atoms with Gasteiger partial charge in [0.05, 0.1) is 10.6 Å². The fraction of sp³-hybridized carbons (Fsp3) is 0.0556. The summed E-state index contributed by atoms with van der Waals surface area (Å²) in [4.78, 5) is 4.61. The molecule has 1 heterocycles. The molecule has 128 valence electrons. The molecule has 0 bridgehead atoms. The lowest BCUT2D eigenvalue weighted by Crippen LogP contribution is -2.16. The average Bonchev–Trinajstić information content (AvgIpc) is 2.98. The lowest BCUT2D eigenvalue weighted by molar-refractivity contribution is 0.600. The Bertz CT molecular complexity index is 981. The van der Waals surface area contributed by atoms with Crippen molar-refractivity contribution in [2.75, 3.05) is 4.72 Å². The number of rotatable bonds is 6. The van der Waals surface area contributed by atoms with Crippen LogP contribution in [-0.4, -0.2) is 18.0 Å². The van der Waals surface area contributed by atoms with Crippen LogP contribution >= 0.6 is 15.9 Å². The van der Waals surface area contributed by atoms with Gasteiger partial charge in [-0.3, -0.25) is 0 Å². The van der Waals surface area contributed by atoms with Crippen molar-refractivity contribution in [2.45, 2.75) is 11.4 Å². The van der Waals surface area contributed by atoms with Crippen LogP contribution < -0.4 is 4.72 Å². The van der Waals surface area contributed by atoms with E-state index in [0.717, 1.165) is 10.0 Å². The van der Waals surface area contributed by atoms with Crippen LogP contribution in [0.1, 0.15) is 0 Å². The number of anilines is 1. The average molecular weight is 418 g/mol. The van der Waals surface area contributed by atoms with Gasteiger partial charge in [0, 0.05) is 22.8 Å². The molecule has 5 nitrogen and oxygen atoms in total. The molecule has 1 aromatic heterocycles. The first-order valence-corrected chi connectivity index (χ1v) is 9.79. The number of sulfonamides is 1. The van der Waals surface area contributed by atoms with Gasteiger partial charge >= 0.3 is 0 Å². The van der Waals surface area contributed by atoms with Crippen molar-refractivity contribution in [3.8, 4) is 11.3 Å². The van der Waals surface area contributed by atoms with Gasteiger partial charge in [-0.2, -0.15) is 0 Å². The van der Waals surface area contributed by atoms with E-state index in [1.165, 1.54) is 12.1 Å². The lowest BCUT2D eigenvalue weighted by atomic mass is 10.2. The maximum Gasteiger partial charge on any atom is 0.264 e. The molecule has 0 aliphatic carbocycles. The second kappa shape index (κ2) is 7.25.